The Kier molecular flexibility index (Phi) is 3.66. The molecule has 0 saturated carbocycles. The molecule has 0 unspecified atom stereocenters. The Morgan fingerprint density at radius 3 is 2.63 bits per heavy atom. The molecule has 5 nitrogen and oxygen atoms in total. The number of carbonyl (C=O) groups excluding carboxylic acids is 2. The maximum absolute atomic E-state index is 11.6. The molecule has 0 bridgehead atoms. The lowest BCUT2D eigenvalue weighted by molar-refractivity contribution is 0.0597. The van der Waals surface area contributed by atoms with Crippen LogP contribution in [0, 0.1) is 0 Å². The minimum absolute atomic E-state index is 0.197. The van der Waals surface area contributed by atoms with Gasteiger partial charge in [-0.15, -0.1) is 0 Å². The van der Waals surface area contributed by atoms with Crippen LogP contribution in [-0.4, -0.2) is 26.5 Å². The second-order valence-electron chi connectivity index (χ2n) is 3.73. The predicted molar refractivity (Wildman–Crippen MR) is 67.4 cm³/mol. The molecule has 0 aliphatic heterocycles. The second kappa shape index (κ2) is 5.39. The fraction of sp³-hybridized carbons (Fsp3) is 0.143. The summed E-state index contributed by atoms with van der Waals surface area (Å²) in [5.41, 5.74) is 1.09. The van der Waals surface area contributed by atoms with Gasteiger partial charge in [0.1, 0.15) is 17.1 Å². The molecular weight excluding hydrogens is 248 g/mol. The van der Waals surface area contributed by atoms with Crippen LogP contribution < -0.4 is 4.74 Å². The standard InChI is InChI=1S/C14H12O5/c1-17-13-7-10(12-4-3-5-19-12)9(8-15)6-11(13)14(16)18-2/h3-8H,1-2H3. The largest absolute Gasteiger partial charge is 0.496 e. The van der Waals surface area contributed by atoms with Gasteiger partial charge in [-0.3, -0.25) is 4.79 Å². The highest BCUT2D eigenvalue weighted by Crippen LogP contribution is 2.31. The molecule has 0 radical (unpaired) electrons. The van der Waals surface area contributed by atoms with Crippen LogP contribution in [0.4, 0.5) is 0 Å². The maximum Gasteiger partial charge on any atom is 0.341 e. The van der Waals surface area contributed by atoms with Gasteiger partial charge in [0.15, 0.2) is 6.29 Å². The van der Waals surface area contributed by atoms with E-state index in [1.54, 1.807) is 18.2 Å². The first-order valence-electron chi connectivity index (χ1n) is 5.50. The summed E-state index contributed by atoms with van der Waals surface area (Å²) < 4.78 is 15.1. The zero-order valence-corrected chi connectivity index (χ0v) is 10.5. The number of hydrogen-bond donors (Lipinski definition) is 0. The first-order chi connectivity index (χ1) is 9.21. The average Bonchev–Trinajstić information content (AvgIpc) is 2.98. The van der Waals surface area contributed by atoms with Crippen molar-refractivity contribution in [3.05, 3.63) is 41.7 Å². The van der Waals surface area contributed by atoms with Crippen molar-refractivity contribution < 1.29 is 23.5 Å². The lowest BCUT2D eigenvalue weighted by atomic mass is 10.0. The summed E-state index contributed by atoms with van der Waals surface area (Å²) in [6.07, 6.45) is 2.16. The molecule has 2 aromatic rings. The SMILES string of the molecule is COC(=O)c1cc(C=O)c(-c2ccco2)cc1OC. The number of aldehydes is 1. The molecule has 0 aliphatic rings. The quantitative estimate of drug-likeness (QED) is 0.624. The molecule has 0 fully saturated rings. The summed E-state index contributed by atoms with van der Waals surface area (Å²) in [4.78, 5) is 22.8. The lowest BCUT2D eigenvalue weighted by Gasteiger charge is -2.10. The van der Waals surface area contributed by atoms with Crippen LogP contribution in [-0.2, 0) is 4.74 Å². The average molecular weight is 260 g/mol. The topological polar surface area (TPSA) is 65.7 Å². The third kappa shape index (κ3) is 2.35. The summed E-state index contributed by atoms with van der Waals surface area (Å²) in [5.74, 6) is 0.284. The van der Waals surface area contributed by atoms with Gasteiger partial charge in [-0.05, 0) is 24.3 Å². The smallest absolute Gasteiger partial charge is 0.341 e. The molecule has 1 aromatic carbocycles. The molecular formula is C14H12O5. The highest BCUT2D eigenvalue weighted by Gasteiger charge is 2.18. The van der Waals surface area contributed by atoms with Gasteiger partial charge in [0.05, 0.1) is 20.5 Å². The van der Waals surface area contributed by atoms with E-state index in [0.29, 0.717) is 28.9 Å². The summed E-state index contributed by atoms with van der Waals surface area (Å²) in [7, 11) is 2.71. The van der Waals surface area contributed by atoms with Gasteiger partial charge in [-0.2, -0.15) is 0 Å². The van der Waals surface area contributed by atoms with Gasteiger partial charge < -0.3 is 13.9 Å². The Balaban J connectivity index is 2.64. The van der Waals surface area contributed by atoms with E-state index in [0.717, 1.165) is 0 Å². The molecule has 0 amide bonds. The van der Waals surface area contributed by atoms with Crippen molar-refractivity contribution in [2.75, 3.05) is 14.2 Å². The van der Waals surface area contributed by atoms with Gasteiger partial charge in [0.2, 0.25) is 0 Å². The number of benzene rings is 1. The maximum atomic E-state index is 11.6. The highest BCUT2D eigenvalue weighted by atomic mass is 16.5. The van der Waals surface area contributed by atoms with Gasteiger partial charge >= 0.3 is 5.97 Å². The van der Waals surface area contributed by atoms with E-state index >= 15 is 0 Å². The van der Waals surface area contributed by atoms with Crippen molar-refractivity contribution in [3.63, 3.8) is 0 Å². The fourth-order valence-corrected chi connectivity index (χ4v) is 1.78. The molecule has 0 spiro atoms. The number of furan rings is 1. The number of esters is 1. The van der Waals surface area contributed by atoms with Crippen molar-refractivity contribution >= 4 is 12.3 Å². The van der Waals surface area contributed by atoms with E-state index in [9.17, 15) is 9.59 Å². The summed E-state index contributed by atoms with van der Waals surface area (Å²) in [6.45, 7) is 0. The van der Waals surface area contributed by atoms with Crippen LogP contribution in [0.3, 0.4) is 0 Å². The molecule has 0 N–H and O–H groups in total. The molecule has 2 rings (SSSR count). The van der Waals surface area contributed by atoms with Crippen molar-refractivity contribution in [2.45, 2.75) is 0 Å². The molecule has 0 atom stereocenters. The highest BCUT2D eigenvalue weighted by molar-refractivity contribution is 5.97. The van der Waals surface area contributed by atoms with Gasteiger partial charge in [0.25, 0.3) is 0 Å². The van der Waals surface area contributed by atoms with Crippen molar-refractivity contribution in [1.29, 1.82) is 0 Å². The Morgan fingerprint density at radius 2 is 2.11 bits per heavy atom. The van der Waals surface area contributed by atoms with Crippen LogP contribution in [0.25, 0.3) is 11.3 Å². The molecule has 0 aliphatic carbocycles. The van der Waals surface area contributed by atoms with Crippen molar-refractivity contribution in [2.24, 2.45) is 0 Å². The van der Waals surface area contributed by atoms with Crippen LogP contribution in [0.2, 0.25) is 0 Å². The summed E-state index contributed by atoms with van der Waals surface area (Å²) >= 11 is 0. The zero-order chi connectivity index (χ0) is 13.8. The number of hydrogen-bond acceptors (Lipinski definition) is 5. The molecule has 0 saturated heterocycles. The Bertz CT molecular complexity index is 599. The fourth-order valence-electron chi connectivity index (χ4n) is 1.78. The van der Waals surface area contributed by atoms with Crippen LogP contribution in [0.15, 0.2) is 34.9 Å². The number of carbonyl (C=O) groups is 2. The van der Waals surface area contributed by atoms with E-state index in [1.807, 2.05) is 0 Å². The number of ether oxygens (including phenoxy) is 2. The Labute approximate surface area is 109 Å². The molecule has 19 heavy (non-hydrogen) atoms. The summed E-state index contributed by atoms with van der Waals surface area (Å²) in [5, 5.41) is 0. The predicted octanol–water partition coefficient (Wildman–Crippen LogP) is 2.55. The van der Waals surface area contributed by atoms with E-state index in [-0.39, 0.29) is 5.56 Å². The zero-order valence-electron chi connectivity index (χ0n) is 10.5. The Hall–Kier alpha value is -2.56. The van der Waals surface area contributed by atoms with Crippen LogP contribution in [0.1, 0.15) is 20.7 Å². The summed E-state index contributed by atoms with van der Waals surface area (Å²) in [6, 6.07) is 6.44. The first kappa shape index (κ1) is 12.9. The van der Waals surface area contributed by atoms with Crippen molar-refractivity contribution in [3.8, 4) is 17.1 Å². The van der Waals surface area contributed by atoms with Crippen LogP contribution >= 0.6 is 0 Å². The minimum Gasteiger partial charge on any atom is -0.496 e. The molecule has 1 heterocycles. The van der Waals surface area contributed by atoms with Crippen molar-refractivity contribution in [1.82, 2.24) is 0 Å². The molecule has 1 aromatic heterocycles. The molecule has 5 heteroatoms. The van der Waals surface area contributed by atoms with E-state index in [4.69, 9.17) is 9.15 Å². The van der Waals surface area contributed by atoms with Crippen LogP contribution in [0.5, 0.6) is 5.75 Å². The third-order valence-electron chi connectivity index (χ3n) is 2.69. The van der Waals surface area contributed by atoms with E-state index in [1.165, 1.54) is 26.5 Å². The van der Waals surface area contributed by atoms with E-state index < -0.39 is 5.97 Å². The van der Waals surface area contributed by atoms with Gasteiger partial charge in [0, 0.05) is 11.1 Å². The molecule has 98 valence electrons. The monoisotopic (exact) mass is 260 g/mol. The second-order valence-corrected chi connectivity index (χ2v) is 3.73. The lowest BCUT2D eigenvalue weighted by Crippen LogP contribution is -2.05. The number of methoxy groups -OCH3 is 2. The Morgan fingerprint density at radius 1 is 1.32 bits per heavy atom. The van der Waals surface area contributed by atoms with E-state index in [2.05, 4.69) is 4.74 Å². The minimum atomic E-state index is -0.564. The number of rotatable bonds is 4. The van der Waals surface area contributed by atoms with Gasteiger partial charge in [-0.25, -0.2) is 4.79 Å². The normalized spacial score (nSPS) is 10.0. The van der Waals surface area contributed by atoms with Gasteiger partial charge in [-0.1, -0.05) is 0 Å². The third-order valence-corrected chi connectivity index (χ3v) is 2.69. The first-order valence-corrected chi connectivity index (χ1v) is 5.50.